The molecule has 0 bridgehead atoms. The van der Waals surface area contributed by atoms with Crippen molar-refractivity contribution in [3.05, 3.63) is 51.8 Å². The van der Waals surface area contributed by atoms with E-state index in [1.165, 1.54) is 29.5 Å². The maximum absolute atomic E-state index is 13.6. The van der Waals surface area contributed by atoms with Gasteiger partial charge in [-0.15, -0.1) is 11.3 Å². The Morgan fingerprint density at radius 1 is 1.40 bits per heavy atom. The molecule has 2 nitrogen and oxygen atoms in total. The molecular weight excluding hydrogens is 324 g/mol. The van der Waals surface area contributed by atoms with Crippen LogP contribution < -0.4 is 0 Å². The Balaban J connectivity index is 2.21. The molecule has 1 aromatic carbocycles. The number of hydrogen-bond donors (Lipinski definition) is 0. The lowest BCUT2D eigenvalue weighted by Gasteiger charge is -2.00. The summed E-state index contributed by atoms with van der Waals surface area (Å²) in [6.07, 6.45) is 0. The second-order valence-electron chi connectivity index (χ2n) is 3.97. The number of nitrogens with zero attached hydrogens (tertiary/aromatic N) is 1. The van der Waals surface area contributed by atoms with Gasteiger partial charge in [0, 0.05) is 21.2 Å². The van der Waals surface area contributed by atoms with E-state index >= 15 is 0 Å². The van der Waals surface area contributed by atoms with Crippen molar-refractivity contribution >= 4 is 33.7 Å². The molecule has 0 fully saturated rings. The van der Waals surface area contributed by atoms with Crippen LogP contribution in [-0.4, -0.2) is 14.9 Å². The zero-order valence-corrected chi connectivity index (χ0v) is 12.6. The predicted octanol–water partition coefficient (Wildman–Crippen LogP) is 4.09. The quantitative estimate of drug-likeness (QED) is 0.825. The highest BCUT2D eigenvalue weighted by Gasteiger charge is 2.15. The summed E-state index contributed by atoms with van der Waals surface area (Å²) >= 11 is 6.78. The Kier molecular flexibility index (Phi) is 5.01. The third-order valence-corrected chi connectivity index (χ3v) is 4.96. The number of rotatable bonds is 5. The molecule has 0 saturated heterocycles. The second kappa shape index (κ2) is 6.56. The minimum atomic E-state index is -1.23. The summed E-state index contributed by atoms with van der Waals surface area (Å²) in [7, 11) is -1.23. The minimum absolute atomic E-state index is 0.164. The van der Waals surface area contributed by atoms with Crippen LogP contribution in [0.3, 0.4) is 0 Å². The summed E-state index contributed by atoms with van der Waals surface area (Å²) in [5.41, 5.74) is 0.0461. The Bertz CT molecular complexity index is 652. The van der Waals surface area contributed by atoms with E-state index in [-0.39, 0.29) is 22.8 Å². The number of hydrogen-bond acceptors (Lipinski definition) is 3. The topological polar surface area (TPSA) is 30.0 Å². The zero-order valence-electron chi connectivity index (χ0n) is 10.2. The van der Waals surface area contributed by atoms with Crippen LogP contribution in [0.4, 0.5) is 8.78 Å². The number of benzene rings is 1. The fourth-order valence-corrected chi connectivity index (χ4v) is 3.99. The monoisotopic (exact) mass is 333 g/mol. The molecule has 1 aromatic heterocycles. The highest BCUT2D eigenvalue weighted by molar-refractivity contribution is 7.84. The van der Waals surface area contributed by atoms with Gasteiger partial charge in [-0.3, -0.25) is 4.21 Å². The molecule has 0 amide bonds. The summed E-state index contributed by atoms with van der Waals surface area (Å²) < 4.78 is 38.9. The van der Waals surface area contributed by atoms with E-state index in [9.17, 15) is 13.0 Å². The highest BCUT2D eigenvalue weighted by atomic mass is 35.5. The van der Waals surface area contributed by atoms with Crippen LogP contribution in [0.1, 0.15) is 5.01 Å². The Morgan fingerprint density at radius 3 is 2.65 bits per heavy atom. The first-order chi connectivity index (χ1) is 9.47. The van der Waals surface area contributed by atoms with Crippen LogP contribution in [0, 0.1) is 11.6 Å². The van der Waals surface area contributed by atoms with E-state index in [2.05, 4.69) is 11.6 Å². The molecule has 106 valence electrons. The summed E-state index contributed by atoms with van der Waals surface area (Å²) in [6, 6.07) is 3.64. The summed E-state index contributed by atoms with van der Waals surface area (Å²) in [5.74, 6) is -0.981. The van der Waals surface area contributed by atoms with Crippen molar-refractivity contribution in [3.8, 4) is 11.3 Å². The van der Waals surface area contributed by atoms with Crippen molar-refractivity contribution in [2.24, 2.45) is 0 Å². The SMILES string of the molecule is C=C(Cl)C[S@@](=O)Cc1nc(-c2c(F)cccc2F)cs1. The van der Waals surface area contributed by atoms with Crippen molar-refractivity contribution in [2.45, 2.75) is 5.75 Å². The number of halogens is 3. The lowest BCUT2D eigenvalue weighted by molar-refractivity contribution is 0.589. The van der Waals surface area contributed by atoms with Crippen LogP contribution >= 0.6 is 22.9 Å². The van der Waals surface area contributed by atoms with Crippen LogP contribution in [0.25, 0.3) is 11.3 Å². The molecule has 0 aliphatic carbocycles. The zero-order chi connectivity index (χ0) is 14.7. The Hall–Kier alpha value is -1.11. The van der Waals surface area contributed by atoms with E-state index in [4.69, 9.17) is 11.6 Å². The number of thiazole rings is 1. The van der Waals surface area contributed by atoms with Crippen molar-refractivity contribution in [1.29, 1.82) is 0 Å². The van der Waals surface area contributed by atoms with Gasteiger partial charge in [0.05, 0.1) is 22.8 Å². The largest absolute Gasteiger partial charge is 0.259 e. The van der Waals surface area contributed by atoms with E-state index < -0.39 is 22.4 Å². The normalized spacial score (nSPS) is 12.3. The average Bonchev–Trinajstić information content (AvgIpc) is 2.75. The van der Waals surface area contributed by atoms with Gasteiger partial charge in [-0.2, -0.15) is 0 Å². The molecule has 0 spiro atoms. The second-order valence-corrected chi connectivity index (χ2v) is 6.90. The molecule has 0 aliphatic heterocycles. The summed E-state index contributed by atoms with van der Waals surface area (Å²) in [4.78, 5) is 4.12. The lowest BCUT2D eigenvalue weighted by atomic mass is 10.1. The molecule has 0 saturated carbocycles. The van der Waals surface area contributed by atoms with Gasteiger partial charge in [0.2, 0.25) is 0 Å². The molecule has 0 unspecified atom stereocenters. The Labute approximate surface area is 126 Å². The van der Waals surface area contributed by atoms with Gasteiger partial charge < -0.3 is 0 Å². The van der Waals surface area contributed by atoms with Crippen LogP contribution in [0.5, 0.6) is 0 Å². The van der Waals surface area contributed by atoms with Crippen molar-refractivity contribution in [3.63, 3.8) is 0 Å². The van der Waals surface area contributed by atoms with Crippen LogP contribution in [-0.2, 0) is 16.6 Å². The molecule has 0 N–H and O–H groups in total. The number of aromatic nitrogens is 1. The third kappa shape index (κ3) is 3.71. The minimum Gasteiger partial charge on any atom is -0.259 e. The fourth-order valence-electron chi connectivity index (χ4n) is 1.60. The van der Waals surface area contributed by atoms with Crippen molar-refractivity contribution in [2.75, 3.05) is 5.75 Å². The smallest absolute Gasteiger partial charge is 0.135 e. The maximum Gasteiger partial charge on any atom is 0.135 e. The average molecular weight is 334 g/mol. The van der Waals surface area contributed by atoms with Gasteiger partial charge >= 0.3 is 0 Å². The van der Waals surface area contributed by atoms with Gasteiger partial charge in [-0.25, -0.2) is 13.8 Å². The van der Waals surface area contributed by atoms with Gasteiger partial charge in [0.15, 0.2) is 0 Å². The molecule has 0 aliphatic rings. The first kappa shape index (κ1) is 15.3. The van der Waals surface area contributed by atoms with Gasteiger partial charge in [-0.05, 0) is 12.1 Å². The van der Waals surface area contributed by atoms with Gasteiger partial charge in [-0.1, -0.05) is 24.2 Å². The summed E-state index contributed by atoms with van der Waals surface area (Å²) in [6.45, 7) is 3.47. The maximum atomic E-state index is 13.6. The molecule has 2 aromatic rings. The summed E-state index contributed by atoms with van der Waals surface area (Å²) in [5, 5.41) is 2.39. The van der Waals surface area contributed by atoms with Gasteiger partial charge in [0.25, 0.3) is 0 Å². The highest BCUT2D eigenvalue weighted by Crippen LogP contribution is 2.27. The van der Waals surface area contributed by atoms with Crippen molar-refractivity contribution in [1.82, 2.24) is 4.98 Å². The Morgan fingerprint density at radius 2 is 2.05 bits per heavy atom. The lowest BCUT2D eigenvalue weighted by Crippen LogP contribution is -2.00. The molecular formula is C13H10ClF2NOS2. The third-order valence-electron chi connectivity index (χ3n) is 2.37. The van der Waals surface area contributed by atoms with Crippen LogP contribution in [0.2, 0.25) is 0 Å². The molecule has 2 rings (SSSR count). The molecule has 20 heavy (non-hydrogen) atoms. The fraction of sp³-hybridized carbons (Fsp3) is 0.154. The van der Waals surface area contributed by atoms with Crippen molar-refractivity contribution < 1.29 is 13.0 Å². The molecule has 0 radical (unpaired) electrons. The van der Waals surface area contributed by atoms with E-state index in [0.717, 1.165) is 0 Å². The predicted molar refractivity (Wildman–Crippen MR) is 79.2 cm³/mol. The van der Waals surface area contributed by atoms with E-state index in [0.29, 0.717) is 10.0 Å². The van der Waals surface area contributed by atoms with Crippen LogP contribution in [0.15, 0.2) is 35.2 Å². The first-order valence-corrected chi connectivity index (χ1v) is 8.29. The first-order valence-electron chi connectivity index (χ1n) is 5.54. The molecule has 1 heterocycles. The van der Waals surface area contributed by atoms with E-state index in [1.54, 1.807) is 5.38 Å². The van der Waals surface area contributed by atoms with Gasteiger partial charge in [0.1, 0.15) is 16.6 Å². The van der Waals surface area contributed by atoms with E-state index in [1.807, 2.05) is 0 Å². The molecule has 1 atom stereocenters. The standard InChI is InChI=1S/C13H10ClF2NOS2/c1-8(14)6-20(18)7-12-17-11(5-19-12)13-9(15)3-2-4-10(13)16/h2-5H,1,6-7H2/t20-/m1/s1. The molecule has 7 heteroatoms.